The van der Waals surface area contributed by atoms with Gasteiger partial charge in [0.1, 0.15) is 0 Å². The number of ether oxygens (including phenoxy) is 1. The van der Waals surface area contributed by atoms with Crippen molar-refractivity contribution in [3.63, 3.8) is 0 Å². The minimum atomic E-state index is -3.13. The molecule has 0 spiro atoms. The molecule has 0 fully saturated rings. The quantitative estimate of drug-likeness (QED) is 0.549. The first-order chi connectivity index (χ1) is 8.92. The van der Waals surface area contributed by atoms with Crippen LogP contribution < -0.4 is 10.0 Å². The van der Waals surface area contributed by atoms with Gasteiger partial charge in [-0.3, -0.25) is 0 Å². The van der Waals surface area contributed by atoms with Gasteiger partial charge in [-0.2, -0.15) is 0 Å². The van der Waals surface area contributed by atoms with E-state index in [1.807, 2.05) is 12.1 Å². The summed E-state index contributed by atoms with van der Waals surface area (Å²) >= 11 is 0. The fourth-order valence-electron chi connectivity index (χ4n) is 1.43. The molecule has 0 bridgehead atoms. The smallest absolute Gasteiger partial charge is 0.337 e. The van der Waals surface area contributed by atoms with E-state index in [2.05, 4.69) is 14.8 Å². The summed E-state index contributed by atoms with van der Waals surface area (Å²) in [6.07, 6.45) is 1.12. The number of esters is 1. The van der Waals surface area contributed by atoms with Crippen LogP contribution in [-0.2, 0) is 21.3 Å². The van der Waals surface area contributed by atoms with Crippen molar-refractivity contribution < 1.29 is 17.9 Å². The molecule has 0 aromatic heterocycles. The summed E-state index contributed by atoms with van der Waals surface area (Å²) in [6.45, 7) is 1.48. The minimum Gasteiger partial charge on any atom is -0.465 e. The van der Waals surface area contributed by atoms with Crippen LogP contribution in [0, 0.1) is 0 Å². The molecular formula is C12H18N2O4S. The Morgan fingerprint density at radius 3 is 2.37 bits per heavy atom. The van der Waals surface area contributed by atoms with Crippen LogP contribution >= 0.6 is 0 Å². The highest BCUT2D eigenvalue weighted by Gasteiger charge is 2.04. The molecule has 0 saturated carbocycles. The summed E-state index contributed by atoms with van der Waals surface area (Å²) < 4.78 is 28.6. The van der Waals surface area contributed by atoms with Crippen molar-refractivity contribution in [1.29, 1.82) is 0 Å². The fourth-order valence-corrected chi connectivity index (χ4v) is 1.91. The number of hydrogen-bond acceptors (Lipinski definition) is 5. The van der Waals surface area contributed by atoms with Gasteiger partial charge in [0, 0.05) is 19.6 Å². The lowest BCUT2D eigenvalue weighted by atomic mass is 10.1. The topological polar surface area (TPSA) is 84.5 Å². The summed E-state index contributed by atoms with van der Waals surface area (Å²) in [4.78, 5) is 11.2. The maximum atomic E-state index is 11.2. The van der Waals surface area contributed by atoms with E-state index >= 15 is 0 Å². The van der Waals surface area contributed by atoms with Crippen LogP contribution in [0.15, 0.2) is 24.3 Å². The van der Waals surface area contributed by atoms with Crippen molar-refractivity contribution >= 4 is 16.0 Å². The summed E-state index contributed by atoms with van der Waals surface area (Å²) in [7, 11) is -1.79. The number of carbonyl (C=O) groups is 1. The molecule has 7 heteroatoms. The molecule has 0 radical (unpaired) electrons. The molecule has 0 unspecified atom stereocenters. The Balaban J connectivity index is 2.32. The largest absolute Gasteiger partial charge is 0.465 e. The van der Waals surface area contributed by atoms with E-state index in [9.17, 15) is 13.2 Å². The van der Waals surface area contributed by atoms with Crippen LogP contribution in [0.4, 0.5) is 0 Å². The summed E-state index contributed by atoms with van der Waals surface area (Å²) in [5, 5.41) is 3.09. The second-order valence-corrected chi connectivity index (χ2v) is 5.86. The van der Waals surface area contributed by atoms with Crippen LogP contribution in [0.25, 0.3) is 0 Å². The third-order valence-corrected chi connectivity index (χ3v) is 3.10. The molecule has 6 nitrogen and oxygen atoms in total. The number of benzene rings is 1. The van der Waals surface area contributed by atoms with Crippen LogP contribution in [0.3, 0.4) is 0 Å². The fraction of sp³-hybridized carbons (Fsp3) is 0.417. The van der Waals surface area contributed by atoms with Crippen molar-refractivity contribution in [3.05, 3.63) is 35.4 Å². The lowest BCUT2D eigenvalue weighted by molar-refractivity contribution is 0.0600. The first-order valence-corrected chi connectivity index (χ1v) is 7.64. The molecule has 0 aliphatic heterocycles. The molecule has 0 saturated heterocycles. The molecule has 1 rings (SSSR count). The molecule has 2 N–H and O–H groups in total. The zero-order chi connectivity index (χ0) is 14.3. The Kier molecular flexibility index (Phi) is 5.94. The minimum absolute atomic E-state index is 0.346. The number of nitrogens with one attached hydrogen (secondary N) is 2. The highest BCUT2D eigenvalue weighted by molar-refractivity contribution is 7.88. The van der Waals surface area contributed by atoms with E-state index < -0.39 is 10.0 Å². The van der Waals surface area contributed by atoms with E-state index in [-0.39, 0.29) is 5.97 Å². The Labute approximate surface area is 113 Å². The molecule has 106 valence electrons. The Morgan fingerprint density at radius 2 is 1.84 bits per heavy atom. The first kappa shape index (κ1) is 15.6. The average Bonchev–Trinajstić information content (AvgIpc) is 2.37. The van der Waals surface area contributed by atoms with Crippen molar-refractivity contribution in [3.8, 4) is 0 Å². The second-order valence-electron chi connectivity index (χ2n) is 4.03. The first-order valence-electron chi connectivity index (χ1n) is 5.75. The van der Waals surface area contributed by atoms with Crippen LogP contribution in [0.1, 0.15) is 15.9 Å². The van der Waals surface area contributed by atoms with Gasteiger partial charge < -0.3 is 10.1 Å². The van der Waals surface area contributed by atoms with Gasteiger partial charge >= 0.3 is 5.97 Å². The number of methoxy groups -OCH3 is 1. The van der Waals surface area contributed by atoms with Crippen molar-refractivity contribution in [2.75, 3.05) is 26.5 Å². The molecule has 1 aromatic carbocycles. The molecule has 0 atom stereocenters. The Morgan fingerprint density at radius 1 is 1.21 bits per heavy atom. The van der Waals surface area contributed by atoms with Crippen molar-refractivity contribution in [1.82, 2.24) is 10.0 Å². The van der Waals surface area contributed by atoms with Gasteiger partial charge in [0.15, 0.2) is 0 Å². The maximum Gasteiger partial charge on any atom is 0.337 e. The SMILES string of the molecule is COC(=O)c1ccc(CNCCNS(C)(=O)=O)cc1. The standard InChI is InChI=1S/C12H18N2O4S/c1-18-12(15)11-5-3-10(4-6-11)9-13-7-8-14-19(2,16)17/h3-6,13-14H,7-9H2,1-2H3. The van der Waals surface area contributed by atoms with Gasteiger partial charge in [0.2, 0.25) is 10.0 Å². The van der Waals surface area contributed by atoms with Gasteiger partial charge in [0.25, 0.3) is 0 Å². The van der Waals surface area contributed by atoms with Crippen molar-refractivity contribution in [2.45, 2.75) is 6.54 Å². The highest BCUT2D eigenvalue weighted by Crippen LogP contribution is 2.05. The third kappa shape index (κ3) is 6.32. The molecule has 0 aliphatic rings. The van der Waals surface area contributed by atoms with Gasteiger partial charge in [-0.25, -0.2) is 17.9 Å². The number of carbonyl (C=O) groups excluding carboxylic acids is 1. The van der Waals surface area contributed by atoms with Crippen molar-refractivity contribution in [2.24, 2.45) is 0 Å². The summed E-state index contributed by atoms with van der Waals surface area (Å²) in [6, 6.07) is 7.03. The third-order valence-electron chi connectivity index (χ3n) is 2.37. The van der Waals surface area contributed by atoms with E-state index in [4.69, 9.17) is 0 Å². The summed E-state index contributed by atoms with van der Waals surface area (Å²) in [5.41, 5.74) is 1.51. The van der Waals surface area contributed by atoms with Gasteiger partial charge in [-0.1, -0.05) is 12.1 Å². The predicted molar refractivity (Wildman–Crippen MR) is 72.3 cm³/mol. The summed E-state index contributed by atoms with van der Waals surface area (Å²) in [5.74, 6) is -0.364. The number of hydrogen-bond donors (Lipinski definition) is 2. The van der Waals surface area contributed by atoms with Crippen LogP contribution in [-0.4, -0.2) is 40.8 Å². The Bertz CT molecular complexity index is 511. The van der Waals surface area contributed by atoms with E-state index in [0.29, 0.717) is 25.2 Å². The molecule has 19 heavy (non-hydrogen) atoms. The molecule has 0 heterocycles. The normalized spacial score (nSPS) is 11.3. The highest BCUT2D eigenvalue weighted by atomic mass is 32.2. The average molecular weight is 286 g/mol. The zero-order valence-corrected chi connectivity index (χ0v) is 11.8. The predicted octanol–water partition coefficient (Wildman–Crippen LogP) is 0.112. The molecule has 0 aliphatic carbocycles. The van der Waals surface area contributed by atoms with E-state index in [1.54, 1.807) is 12.1 Å². The maximum absolute atomic E-state index is 11.2. The van der Waals surface area contributed by atoms with Crippen LogP contribution in [0.2, 0.25) is 0 Å². The van der Waals surface area contributed by atoms with E-state index in [0.717, 1.165) is 11.8 Å². The monoisotopic (exact) mass is 286 g/mol. The van der Waals surface area contributed by atoms with Gasteiger partial charge in [-0.15, -0.1) is 0 Å². The van der Waals surface area contributed by atoms with Crippen LogP contribution in [0.5, 0.6) is 0 Å². The lowest BCUT2D eigenvalue weighted by Crippen LogP contribution is -2.30. The lowest BCUT2D eigenvalue weighted by Gasteiger charge is -2.06. The van der Waals surface area contributed by atoms with E-state index in [1.165, 1.54) is 7.11 Å². The Hall–Kier alpha value is -1.44. The molecule has 1 aromatic rings. The van der Waals surface area contributed by atoms with Gasteiger partial charge in [-0.05, 0) is 17.7 Å². The second kappa shape index (κ2) is 7.22. The molecular weight excluding hydrogens is 268 g/mol. The number of rotatable bonds is 7. The number of sulfonamides is 1. The zero-order valence-electron chi connectivity index (χ0n) is 11.0. The molecule has 0 amide bonds. The van der Waals surface area contributed by atoms with Gasteiger partial charge in [0.05, 0.1) is 18.9 Å².